The highest BCUT2D eigenvalue weighted by Gasteiger charge is 2.17. The molecular weight excluding hydrogens is 380 g/mol. The minimum absolute atomic E-state index is 0.0690. The van der Waals surface area contributed by atoms with Crippen LogP contribution in [0.25, 0.3) is 0 Å². The van der Waals surface area contributed by atoms with Crippen molar-refractivity contribution in [3.63, 3.8) is 0 Å². The van der Waals surface area contributed by atoms with Crippen LogP contribution in [0, 0.1) is 0 Å². The van der Waals surface area contributed by atoms with E-state index in [-0.39, 0.29) is 23.0 Å². The van der Waals surface area contributed by atoms with Crippen LogP contribution in [0.3, 0.4) is 0 Å². The lowest BCUT2D eigenvalue weighted by Crippen LogP contribution is -2.46. The Labute approximate surface area is 169 Å². The van der Waals surface area contributed by atoms with Crippen molar-refractivity contribution in [2.24, 2.45) is 0 Å². The number of carbonyl (C=O) groups excluding carboxylic acids is 1. The van der Waals surface area contributed by atoms with Crippen LogP contribution in [-0.2, 0) is 0 Å². The first-order chi connectivity index (χ1) is 14.0. The molecule has 0 aliphatic carbocycles. The molecule has 1 aliphatic rings. The van der Waals surface area contributed by atoms with Crippen LogP contribution in [0.5, 0.6) is 11.5 Å². The van der Waals surface area contributed by atoms with Crippen LogP contribution in [0.1, 0.15) is 17.3 Å². The molecule has 0 unspecified atom stereocenters. The van der Waals surface area contributed by atoms with Crippen molar-refractivity contribution in [2.45, 2.75) is 13.5 Å². The van der Waals surface area contributed by atoms with Crippen molar-refractivity contribution in [3.05, 3.63) is 48.0 Å². The van der Waals surface area contributed by atoms with Crippen molar-refractivity contribution in [1.82, 2.24) is 4.90 Å². The van der Waals surface area contributed by atoms with Crippen molar-refractivity contribution in [1.29, 1.82) is 0 Å². The molecular formula is C21H25F2N3O3. The summed E-state index contributed by atoms with van der Waals surface area (Å²) in [5.74, 6) is -0.415. The number of halogens is 2. The molecule has 2 aromatic carbocycles. The molecule has 1 N–H and O–H groups in total. The van der Waals surface area contributed by atoms with Crippen LogP contribution >= 0.6 is 0 Å². The van der Waals surface area contributed by atoms with Crippen molar-refractivity contribution >= 4 is 17.3 Å². The van der Waals surface area contributed by atoms with Crippen LogP contribution in [-0.4, -0.2) is 57.3 Å². The maximum atomic E-state index is 12.5. The van der Waals surface area contributed by atoms with Crippen LogP contribution in [0.15, 0.2) is 42.5 Å². The number of benzene rings is 2. The number of ether oxygens (including phenoxy) is 2. The molecule has 6 nitrogen and oxygen atoms in total. The van der Waals surface area contributed by atoms with E-state index >= 15 is 0 Å². The zero-order valence-corrected chi connectivity index (χ0v) is 16.5. The molecule has 1 saturated heterocycles. The molecule has 8 heteroatoms. The number of likely N-dealkylation sites (N-methyl/N-ethyl adjacent to an activating group) is 1. The molecule has 0 saturated carbocycles. The summed E-state index contributed by atoms with van der Waals surface area (Å²) in [5, 5.41) is 2.81. The monoisotopic (exact) mass is 405 g/mol. The zero-order valence-electron chi connectivity index (χ0n) is 16.5. The maximum Gasteiger partial charge on any atom is 0.387 e. The minimum Gasteiger partial charge on any atom is -0.493 e. The van der Waals surface area contributed by atoms with Gasteiger partial charge >= 0.3 is 6.61 Å². The standard InChI is InChI=1S/C21H25F2N3O3/c1-3-25-10-12-26(13-11-25)17-7-5-16(6-8-17)24-20(27)15-4-9-18(29-21(22)23)19(14-15)28-2/h4-9,14,21H,3,10-13H2,1-2H3,(H,24,27). The van der Waals surface area contributed by atoms with Gasteiger partial charge in [-0.15, -0.1) is 0 Å². The van der Waals surface area contributed by atoms with Gasteiger partial charge in [0.25, 0.3) is 5.91 Å². The average Bonchev–Trinajstić information content (AvgIpc) is 2.74. The molecule has 0 radical (unpaired) electrons. The van der Waals surface area contributed by atoms with E-state index < -0.39 is 6.61 Å². The van der Waals surface area contributed by atoms with Crippen molar-refractivity contribution in [2.75, 3.05) is 50.1 Å². The second-order valence-electron chi connectivity index (χ2n) is 6.67. The molecule has 0 aromatic heterocycles. The van der Waals surface area contributed by atoms with Gasteiger partial charge < -0.3 is 24.6 Å². The summed E-state index contributed by atoms with van der Waals surface area (Å²) in [6.45, 7) is 4.32. The predicted octanol–water partition coefficient (Wildman–Crippen LogP) is 3.69. The fourth-order valence-electron chi connectivity index (χ4n) is 3.28. The van der Waals surface area contributed by atoms with Gasteiger partial charge in [-0.2, -0.15) is 8.78 Å². The van der Waals surface area contributed by atoms with Crippen molar-refractivity contribution < 1.29 is 23.0 Å². The first-order valence-corrected chi connectivity index (χ1v) is 9.51. The third kappa shape index (κ3) is 5.35. The Kier molecular flexibility index (Phi) is 6.87. The summed E-state index contributed by atoms with van der Waals surface area (Å²) >= 11 is 0. The molecule has 156 valence electrons. The second kappa shape index (κ2) is 9.56. The molecule has 1 heterocycles. The van der Waals surface area contributed by atoms with Gasteiger partial charge in [-0.3, -0.25) is 4.79 Å². The summed E-state index contributed by atoms with van der Waals surface area (Å²) in [5.41, 5.74) is 2.05. The number of piperazine rings is 1. The summed E-state index contributed by atoms with van der Waals surface area (Å²) in [4.78, 5) is 17.2. The van der Waals surface area contributed by atoms with E-state index in [2.05, 4.69) is 26.8 Å². The van der Waals surface area contributed by atoms with E-state index in [4.69, 9.17) is 4.74 Å². The first-order valence-electron chi connectivity index (χ1n) is 9.51. The smallest absolute Gasteiger partial charge is 0.387 e. The van der Waals surface area contributed by atoms with Gasteiger partial charge in [0.15, 0.2) is 11.5 Å². The molecule has 0 bridgehead atoms. The molecule has 2 aromatic rings. The summed E-state index contributed by atoms with van der Waals surface area (Å²) in [6, 6.07) is 11.7. The lowest BCUT2D eigenvalue weighted by molar-refractivity contribution is -0.0512. The topological polar surface area (TPSA) is 54.0 Å². The Morgan fingerprint density at radius 2 is 1.76 bits per heavy atom. The van der Waals surface area contributed by atoms with Crippen LogP contribution in [0.4, 0.5) is 20.2 Å². The SMILES string of the molecule is CCN1CCN(c2ccc(NC(=O)c3ccc(OC(F)F)c(OC)c3)cc2)CC1. The Morgan fingerprint density at radius 3 is 2.34 bits per heavy atom. The number of methoxy groups -OCH3 is 1. The number of hydrogen-bond acceptors (Lipinski definition) is 5. The number of hydrogen-bond donors (Lipinski definition) is 1. The zero-order chi connectivity index (χ0) is 20.8. The molecule has 1 fully saturated rings. The van der Waals surface area contributed by atoms with Gasteiger partial charge in [0.05, 0.1) is 7.11 Å². The van der Waals surface area contributed by atoms with Crippen LogP contribution < -0.4 is 19.7 Å². The van der Waals surface area contributed by atoms with E-state index in [1.165, 1.54) is 25.3 Å². The van der Waals surface area contributed by atoms with Gasteiger partial charge in [0.1, 0.15) is 0 Å². The van der Waals surface area contributed by atoms with Gasteiger partial charge in [-0.05, 0) is 49.0 Å². The highest BCUT2D eigenvalue weighted by atomic mass is 19.3. The Hall–Kier alpha value is -2.87. The Bertz CT molecular complexity index is 822. The largest absolute Gasteiger partial charge is 0.493 e. The molecule has 1 amide bonds. The lowest BCUT2D eigenvalue weighted by atomic mass is 10.1. The number of amides is 1. The average molecular weight is 405 g/mol. The van der Waals surface area contributed by atoms with Gasteiger partial charge in [0.2, 0.25) is 0 Å². The molecule has 29 heavy (non-hydrogen) atoms. The number of nitrogens with one attached hydrogen (secondary N) is 1. The molecule has 0 atom stereocenters. The number of nitrogens with zero attached hydrogens (tertiary/aromatic N) is 2. The third-order valence-electron chi connectivity index (χ3n) is 4.95. The fraction of sp³-hybridized carbons (Fsp3) is 0.381. The number of rotatable bonds is 7. The quantitative estimate of drug-likeness (QED) is 0.762. The van der Waals surface area contributed by atoms with E-state index in [0.29, 0.717) is 5.69 Å². The predicted molar refractivity (Wildman–Crippen MR) is 108 cm³/mol. The van der Waals surface area contributed by atoms with Gasteiger partial charge in [-0.1, -0.05) is 6.92 Å². The first kappa shape index (κ1) is 20.9. The lowest BCUT2D eigenvalue weighted by Gasteiger charge is -2.35. The molecule has 1 aliphatic heterocycles. The number of anilines is 2. The van der Waals surface area contributed by atoms with Gasteiger partial charge in [0, 0.05) is 43.1 Å². The minimum atomic E-state index is -2.97. The third-order valence-corrected chi connectivity index (χ3v) is 4.95. The Balaban J connectivity index is 1.63. The van der Waals surface area contributed by atoms with E-state index in [1.807, 2.05) is 24.3 Å². The molecule has 0 spiro atoms. The normalized spacial score (nSPS) is 14.7. The summed E-state index contributed by atoms with van der Waals surface area (Å²) < 4.78 is 34.3. The maximum absolute atomic E-state index is 12.5. The van der Waals surface area contributed by atoms with E-state index in [1.54, 1.807) is 0 Å². The highest BCUT2D eigenvalue weighted by Crippen LogP contribution is 2.30. The molecule has 3 rings (SSSR count). The second-order valence-corrected chi connectivity index (χ2v) is 6.67. The van der Waals surface area contributed by atoms with Crippen LogP contribution in [0.2, 0.25) is 0 Å². The van der Waals surface area contributed by atoms with E-state index in [9.17, 15) is 13.6 Å². The van der Waals surface area contributed by atoms with Gasteiger partial charge in [-0.25, -0.2) is 0 Å². The fourth-order valence-corrected chi connectivity index (χ4v) is 3.28. The highest BCUT2D eigenvalue weighted by molar-refractivity contribution is 6.04. The Morgan fingerprint density at radius 1 is 1.07 bits per heavy atom. The number of carbonyl (C=O) groups is 1. The summed E-state index contributed by atoms with van der Waals surface area (Å²) in [7, 11) is 1.33. The van der Waals surface area contributed by atoms with E-state index in [0.717, 1.165) is 38.4 Å². The van der Waals surface area contributed by atoms with Crippen molar-refractivity contribution in [3.8, 4) is 11.5 Å². The number of alkyl halides is 2. The summed E-state index contributed by atoms with van der Waals surface area (Å²) in [6.07, 6.45) is 0.